The molecule has 1 amide bonds. The van der Waals surface area contributed by atoms with Gasteiger partial charge < -0.3 is 9.80 Å². The zero-order valence-electron chi connectivity index (χ0n) is 12.7. The van der Waals surface area contributed by atoms with Gasteiger partial charge in [-0.05, 0) is 12.1 Å². The van der Waals surface area contributed by atoms with Gasteiger partial charge >= 0.3 is 0 Å². The highest BCUT2D eigenvalue weighted by molar-refractivity contribution is 5.81. The third kappa shape index (κ3) is 3.51. The first kappa shape index (κ1) is 15.3. The van der Waals surface area contributed by atoms with Crippen LogP contribution in [0.15, 0.2) is 24.3 Å². The molecule has 0 aromatic heterocycles. The highest BCUT2D eigenvalue weighted by Gasteiger charge is 2.29. The monoisotopic (exact) mass is 291 g/mol. The van der Waals surface area contributed by atoms with E-state index in [-0.39, 0.29) is 17.0 Å². The molecule has 1 aliphatic heterocycles. The molecule has 1 saturated heterocycles. The van der Waals surface area contributed by atoms with Crippen LogP contribution >= 0.6 is 0 Å². The molecular weight excluding hydrogens is 270 g/mol. The topological polar surface area (TPSA) is 66.7 Å². The zero-order valence-corrected chi connectivity index (χ0v) is 12.7. The lowest BCUT2D eigenvalue weighted by molar-refractivity contribution is -0.384. The third-order valence-electron chi connectivity index (χ3n) is 3.63. The molecule has 114 valence electrons. The Labute approximate surface area is 124 Å². The molecule has 0 atom stereocenters. The first-order valence-corrected chi connectivity index (χ1v) is 7.08. The van der Waals surface area contributed by atoms with Crippen LogP contribution in [-0.2, 0) is 4.79 Å². The van der Waals surface area contributed by atoms with E-state index in [4.69, 9.17) is 0 Å². The Morgan fingerprint density at radius 1 is 1.10 bits per heavy atom. The summed E-state index contributed by atoms with van der Waals surface area (Å²) in [6, 6.07) is 6.56. The van der Waals surface area contributed by atoms with Crippen LogP contribution in [0.3, 0.4) is 0 Å². The molecule has 0 bridgehead atoms. The first-order chi connectivity index (χ1) is 9.79. The molecule has 0 radical (unpaired) electrons. The van der Waals surface area contributed by atoms with Crippen molar-refractivity contribution in [3.05, 3.63) is 34.4 Å². The number of carbonyl (C=O) groups excluding carboxylic acids is 1. The Kier molecular flexibility index (Phi) is 4.16. The molecule has 2 rings (SSSR count). The fourth-order valence-corrected chi connectivity index (χ4v) is 2.43. The van der Waals surface area contributed by atoms with Gasteiger partial charge in [0.2, 0.25) is 5.91 Å². The lowest BCUT2D eigenvalue weighted by Gasteiger charge is -2.38. The van der Waals surface area contributed by atoms with Gasteiger partial charge in [-0.2, -0.15) is 0 Å². The Morgan fingerprint density at radius 2 is 1.62 bits per heavy atom. The average molecular weight is 291 g/mol. The summed E-state index contributed by atoms with van der Waals surface area (Å²) in [5.41, 5.74) is 0.707. The second-order valence-electron chi connectivity index (χ2n) is 6.30. The number of hydrogen-bond donors (Lipinski definition) is 0. The number of nitrogens with zero attached hydrogens (tertiary/aromatic N) is 3. The summed E-state index contributed by atoms with van der Waals surface area (Å²) >= 11 is 0. The number of rotatable bonds is 2. The van der Waals surface area contributed by atoms with Crippen LogP contribution < -0.4 is 4.90 Å². The predicted octanol–water partition coefficient (Wildman–Crippen LogP) is 2.29. The number of non-ortho nitro benzene ring substituents is 1. The van der Waals surface area contributed by atoms with Gasteiger partial charge in [0.1, 0.15) is 0 Å². The lowest BCUT2D eigenvalue weighted by Crippen LogP contribution is -2.51. The van der Waals surface area contributed by atoms with Gasteiger partial charge in [-0.1, -0.05) is 20.8 Å². The third-order valence-corrected chi connectivity index (χ3v) is 3.63. The van der Waals surface area contributed by atoms with Crippen molar-refractivity contribution in [2.24, 2.45) is 5.41 Å². The van der Waals surface area contributed by atoms with E-state index >= 15 is 0 Å². The summed E-state index contributed by atoms with van der Waals surface area (Å²) in [5.74, 6) is 0.172. The van der Waals surface area contributed by atoms with Crippen molar-refractivity contribution >= 4 is 17.3 Å². The molecule has 1 aromatic rings. The fourth-order valence-electron chi connectivity index (χ4n) is 2.43. The van der Waals surface area contributed by atoms with Crippen LogP contribution in [-0.4, -0.2) is 41.9 Å². The van der Waals surface area contributed by atoms with Crippen molar-refractivity contribution in [3.63, 3.8) is 0 Å². The summed E-state index contributed by atoms with van der Waals surface area (Å²) in [6.07, 6.45) is 0. The standard InChI is InChI=1S/C15H21N3O3/c1-15(2,3)14(19)17-10-8-16(9-11-17)12-4-6-13(7-5-12)18(20)21/h4-7H,8-11H2,1-3H3. The smallest absolute Gasteiger partial charge is 0.269 e. The van der Waals surface area contributed by atoms with E-state index in [0.29, 0.717) is 13.1 Å². The number of amides is 1. The van der Waals surface area contributed by atoms with Gasteiger partial charge in [0.25, 0.3) is 5.69 Å². The van der Waals surface area contributed by atoms with Crippen LogP contribution in [0.2, 0.25) is 0 Å². The van der Waals surface area contributed by atoms with Crippen molar-refractivity contribution in [1.29, 1.82) is 0 Å². The number of hydrogen-bond acceptors (Lipinski definition) is 4. The predicted molar refractivity (Wildman–Crippen MR) is 81.3 cm³/mol. The molecular formula is C15H21N3O3. The summed E-state index contributed by atoms with van der Waals surface area (Å²) < 4.78 is 0. The van der Waals surface area contributed by atoms with Crippen molar-refractivity contribution in [2.75, 3.05) is 31.1 Å². The minimum absolute atomic E-state index is 0.0975. The van der Waals surface area contributed by atoms with Crippen LogP contribution in [0.1, 0.15) is 20.8 Å². The molecule has 0 spiro atoms. The normalized spacial score (nSPS) is 16.0. The number of nitro groups is 1. The number of benzene rings is 1. The highest BCUT2D eigenvalue weighted by atomic mass is 16.6. The summed E-state index contributed by atoms with van der Waals surface area (Å²) in [5, 5.41) is 10.6. The summed E-state index contributed by atoms with van der Waals surface area (Å²) in [6.45, 7) is 8.66. The average Bonchev–Trinajstić information content (AvgIpc) is 2.46. The Morgan fingerprint density at radius 3 is 2.05 bits per heavy atom. The highest BCUT2D eigenvalue weighted by Crippen LogP contribution is 2.23. The van der Waals surface area contributed by atoms with Gasteiger partial charge in [0.15, 0.2) is 0 Å². The second kappa shape index (κ2) is 5.71. The minimum atomic E-state index is -0.399. The largest absolute Gasteiger partial charge is 0.368 e. The maximum absolute atomic E-state index is 12.2. The van der Waals surface area contributed by atoms with Gasteiger partial charge in [-0.25, -0.2) is 0 Å². The van der Waals surface area contributed by atoms with Gasteiger partial charge in [-0.3, -0.25) is 14.9 Å². The second-order valence-corrected chi connectivity index (χ2v) is 6.30. The Hall–Kier alpha value is -2.11. The molecule has 6 nitrogen and oxygen atoms in total. The molecule has 1 fully saturated rings. The molecule has 1 heterocycles. The molecule has 0 saturated carbocycles. The van der Waals surface area contributed by atoms with Crippen LogP contribution in [0.25, 0.3) is 0 Å². The van der Waals surface area contributed by atoms with E-state index in [9.17, 15) is 14.9 Å². The maximum Gasteiger partial charge on any atom is 0.269 e. The molecule has 1 aliphatic rings. The van der Waals surface area contributed by atoms with Crippen LogP contribution in [0.5, 0.6) is 0 Å². The Balaban J connectivity index is 1.98. The Bertz CT molecular complexity index is 526. The lowest BCUT2D eigenvalue weighted by atomic mass is 9.94. The summed E-state index contributed by atoms with van der Waals surface area (Å²) in [4.78, 5) is 26.5. The van der Waals surface area contributed by atoms with E-state index < -0.39 is 4.92 Å². The first-order valence-electron chi connectivity index (χ1n) is 7.08. The minimum Gasteiger partial charge on any atom is -0.368 e. The molecule has 6 heteroatoms. The van der Waals surface area contributed by atoms with E-state index in [2.05, 4.69) is 4.90 Å². The number of anilines is 1. The van der Waals surface area contributed by atoms with Crippen LogP contribution in [0, 0.1) is 15.5 Å². The van der Waals surface area contributed by atoms with Crippen molar-refractivity contribution in [2.45, 2.75) is 20.8 Å². The molecule has 1 aromatic carbocycles. The zero-order chi connectivity index (χ0) is 15.6. The van der Waals surface area contributed by atoms with Crippen molar-refractivity contribution < 1.29 is 9.72 Å². The number of nitro benzene ring substituents is 1. The van der Waals surface area contributed by atoms with Gasteiger partial charge in [0, 0.05) is 49.4 Å². The quantitative estimate of drug-likeness (QED) is 0.619. The van der Waals surface area contributed by atoms with Crippen molar-refractivity contribution in [1.82, 2.24) is 4.90 Å². The SMILES string of the molecule is CC(C)(C)C(=O)N1CCN(c2ccc([N+](=O)[O-])cc2)CC1. The van der Waals surface area contributed by atoms with Gasteiger partial charge in [-0.15, -0.1) is 0 Å². The van der Waals surface area contributed by atoms with E-state index in [1.807, 2.05) is 25.7 Å². The van der Waals surface area contributed by atoms with E-state index in [0.717, 1.165) is 18.8 Å². The molecule has 0 aliphatic carbocycles. The number of piperazine rings is 1. The molecule has 21 heavy (non-hydrogen) atoms. The molecule has 0 unspecified atom stereocenters. The summed E-state index contributed by atoms with van der Waals surface area (Å²) in [7, 11) is 0. The molecule has 0 N–H and O–H groups in total. The van der Waals surface area contributed by atoms with E-state index in [1.54, 1.807) is 12.1 Å². The maximum atomic E-state index is 12.2. The van der Waals surface area contributed by atoms with E-state index in [1.165, 1.54) is 12.1 Å². The fraction of sp³-hybridized carbons (Fsp3) is 0.533. The van der Waals surface area contributed by atoms with Crippen molar-refractivity contribution in [3.8, 4) is 0 Å². The number of carbonyl (C=O) groups is 1. The van der Waals surface area contributed by atoms with Crippen LogP contribution in [0.4, 0.5) is 11.4 Å². The van der Waals surface area contributed by atoms with Gasteiger partial charge in [0.05, 0.1) is 4.92 Å².